The van der Waals surface area contributed by atoms with E-state index >= 15 is 0 Å². The van der Waals surface area contributed by atoms with Gasteiger partial charge in [-0.05, 0) is 38.5 Å². The molecule has 2 aliphatic rings. The average molecular weight is 1050 g/mol. The van der Waals surface area contributed by atoms with Gasteiger partial charge in [-0.3, -0.25) is 77.6 Å². The van der Waals surface area contributed by atoms with Crippen LogP contribution in [0.1, 0.15) is 80.1 Å². The monoisotopic (exact) mass is 1050 g/mol. The summed E-state index contributed by atoms with van der Waals surface area (Å²) < 4.78 is 0. The molecular weight excluding hydrogens is 961 g/mol. The summed E-state index contributed by atoms with van der Waals surface area (Å²) in [5.41, 5.74) is 0. The predicted octanol–water partition coefficient (Wildman–Crippen LogP) is -1.35. The highest BCUT2D eigenvalue weighted by atomic mass is 16.4. The zero-order valence-electron chi connectivity index (χ0n) is 43.7. The van der Waals surface area contributed by atoms with Crippen LogP contribution in [0.3, 0.4) is 0 Å². The Kier molecular flexibility index (Phi) is 29.4. The number of carboxylic acids is 8. The van der Waals surface area contributed by atoms with Crippen molar-refractivity contribution in [2.45, 2.75) is 128 Å². The number of nitrogens with one attached hydrogen (secondary N) is 2. The molecule has 0 aliphatic carbocycles. The molecule has 0 aromatic rings. The van der Waals surface area contributed by atoms with Crippen molar-refractivity contribution >= 4 is 47.8 Å². The molecule has 73 heavy (non-hydrogen) atoms. The Bertz CT molecular complexity index is 1570. The lowest BCUT2D eigenvalue weighted by atomic mass is 10.1. The molecule has 0 amide bonds. The summed E-state index contributed by atoms with van der Waals surface area (Å²) >= 11 is 0. The minimum Gasteiger partial charge on any atom is -0.480 e. The first-order valence-corrected chi connectivity index (χ1v) is 25.8. The van der Waals surface area contributed by atoms with Gasteiger partial charge in [0.25, 0.3) is 0 Å². The quantitative estimate of drug-likeness (QED) is 0.0320. The highest BCUT2D eigenvalue weighted by Gasteiger charge is 2.36. The molecule has 2 rings (SSSR count). The van der Waals surface area contributed by atoms with Crippen molar-refractivity contribution < 1.29 is 79.2 Å². The zero-order valence-corrected chi connectivity index (χ0v) is 43.7. The Hall–Kier alpha value is -4.64. The number of nitrogens with zero attached hydrogens (tertiary/aromatic N) is 8. The first-order chi connectivity index (χ1) is 34.6. The Morgan fingerprint density at radius 1 is 0.274 bits per heavy atom. The second kappa shape index (κ2) is 33.3. The van der Waals surface area contributed by atoms with E-state index in [9.17, 15) is 79.2 Å². The van der Waals surface area contributed by atoms with Crippen LogP contribution in [0.25, 0.3) is 0 Å². The minimum absolute atomic E-state index is 0.0477. The van der Waals surface area contributed by atoms with Gasteiger partial charge in [0, 0.05) is 124 Å². The molecule has 0 radical (unpaired) electrons. The van der Waals surface area contributed by atoms with E-state index in [0.29, 0.717) is 0 Å². The third-order valence-corrected chi connectivity index (χ3v) is 14.4. The lowest BCUT2D eigenvalue weighted by molar-refractivity contribution is -0.148. The molecule has 420 valence electrons. The van der Waals surface area contributed by atoms with E-state index in [2.05, 4.69) is 10.6 Å². The fourth-order valence-electron chi connectivity index (χ4n) is 10.2. The van der Waals surface area contributed by atoms with Crippen LogP contribution in [-0.4, -0.2) is 301 Å². The van der Waals surface area contributed by atoms with E-state index in [0.717, 1.165) is 0 Å². The highest BCUT2D eigenvalue weighted by Crippen LogP contribution is 2.17. The first-order valence-electron chi connectivity index (χ1n) is 25.8. The predicted molar refractivity (Wildman–Crippen MR) is 267 cm³/mol. The van der Waals surface area contributed by atoms with Crippen molar-refractivity contribution in [2.24, 2.45) is 0 Å². The van der Waals surface area contributed by atoms with Crippen molar-refractivity contribution in [3.05, 3.63) is 0 Å². The molecule has 8 atom stereocenters. The second-order valence-corrected chi connectivity index (χ2v) is 18.7. The van der Waals surface area contributed by atoms with Crippen LogP contribution in [0, 0.1) is 0 Å². The van der Waals surface area contributed by atoms with Crippen LogP contribution >= 0.6 is 0 Å². The van der Waals surface area contributed by atoms with Crippen LogP contribution in [0.5, 0.6) is 0 Å². The second-order valence-electron chi connectivity index (χ2n) is 18.7. The molecule has 0 saturated carbocycles. The maximum atomic E-state index is 13.1. The molecule has 2 aliphatic heterocycles. The molecule has 0 spiro atoms. The largest absolute Gasteiger partial charge is 0.480 e. The van der Waals surface area contributed by atoms with Crippen LogP contribution in [0.4, 0.5) is 0 Å². The molecule has 10 N–H and O–H groups in total. The number of aliphatic carboxylic acids is 8. The summed E-state index contributed by atoms with van der Waals surface area (Å²) in [5, 5.41) is 88.3. The Labute approximate surface area is 428 Å². The van der Waals surface area contributed by atoms with Crippen LogP contribution in [0.15, 0.2) is 0 Å². The van der Waals surface area contributed by atoms with Crippen LogP contribution < -0.4 is 10.6 Å². The SMILES string of the molecule is CCC(C(=O)O)N1CCN(C(CC)C(=O)O)CCN(C(CNCNCC(C(=O)O)N2CCN(C(CC)C(=O)O)CCN(C(CC)C(=O)O)CCN(C(CC)C(=O)O)CC2)C(=O)O)CCN(C(CC)C(=O)O)CC1. The number of hydrogen-bond acceptors (Lipinski definition) is 18. The van der Waals surface area contributed by atoms with Crippen LogP contribution in [-0.2, 0) is 38.4 Å². The van der Waals surface area contributed by atoms with Crippen molar-refractivity contribution in [3.63, 3.8) is 0 Å². The molecular formula is C47H86N10O16. The summed E-state index contributed by atoms with van der Waals surface area (Å²) in [6.45, 7) is 11.6. The summed E-state index contributed by atoms with van der Waals surface area (Å²) in [5.74, 6) is -8.93. The van der Waals surface area contributed by atoms with Gasteiger partial charge in [0.15, 0.2) is 0 Å². The molecule has 2 saturated heterocycles. The van der Waals surface area contributed by atoms with E-state index in [1.165, 1.54) is 0 Å². The van der Waals surface area contributed by atoms with E-state index in [1.54, 1.807) is 80.7 Å². The van der Waals surface area contributed by atoms with E-state index in [-0.39, 0.29) is 163 Å². The molecule has 26 heteroatoms. The molecule has 8 unspecified atom stereocenters. The van der Waals surface area contributed by atoms with Gasteiger partial charge >= 0.3 is 47.8 Å². The standard InChI is InChI=1S/C47H86N10O16/c1-7-32(40(58)59)50-13-17-52(34(9-3)42(62)63)21-25-56(26-22-53(18-14-50)35(10-4)43(64)65)38(46(70)71)29-48-31-49-30-39(47(72)73)57-27-23-54(36(11-5)44(66)67)19-15-51(33(8-2)41(60)61)16-20-55(24-28-57)37(12-6)45(68)69/h32-39,48-49H,7-31H2,1-6H3,(H,58,59)(H,60,61)(H,62,63)(H,64,65)(H,66,67)(H,68,69)(H,70,71)(H,72,73). The highest BCUT2D eigenvalue weighted by molar-refractivity contribution is 5.76. The van der Waals surface area contributed by atoms with Gasteiger partial charge in [0.05, 0.1) is 0 Å². The van der Waals surface area contributed by atoms with Crippen LogP contribution in [0.2, 0.25) is 0 Å². The smallest absolute Gasteiger partial charge is 0.322 e. The maximum Gasteiger partial charge on any atom is 0.322 e. The third-order valence-electron chi connectivity index (χ3n) is 14.4. The molecule has 0 aromatic carbocycles. The lowest BCUT2D eigenvalue weighted by Gasteiger charge is -2.39. The van der Waals surface area contributed by atoms with Gasteiger partial charge in [0.2, 0.25) is 0 Å². The van der Waals surface area contributed by atoms with E-state index in [1.807, 2.05) is 0 Å². The average Bonchev–Trinajstić information content (AvgIpc) is 3.31. The molecule has 26 nitrogen and oxygen atoms in total. The number of carboxylic acid groups (broad SMARTS) is 8. The zero-order chi connectivity index (χ0) is 54.9. The number of hydrogen-bond donors (Lipinski definition) is 10. The lowest BCUT2D eigenvalue weighted by Crippen LogP contribution is -2.58. The Balaban J connectivity index is 2.44. The first kappa shape index (κ1) is 64.5. The molecule has 2 heterocycles. The minimum atomic E-state index is -1.22. The summed E-state index contributed by atoms with van der Waals surface area (Å²) in [6, 6.07) is -8.10. The van der Waals surface area contributed by atoms with Crippen molar-refractivity contribution in [3.8, 4) is 0 Å². The van der Waals surface area contributed by atoms with E-state index < -0.39 is 96.1 Å². The van der Waals surface area contributed by atoms with E-state index in [4.69, 9.17) is 0 Å². The third kappa shape index (κ3) is 20.2. The van der Waals surface area contributed by atoms with Gasteiger partial charge in [0.1, 0.15) is 48.3 Å². The van der Waals surface area contributed by atoms with Gasteiger partial charge < -0.3 is 51.5 Å². The topological polar surface area (TPSA) is 348 Å². The number of rotatable bonds is 28. The Morgan fingerprint density at radius 2 is 0.397 bits per heavy atom. The fraction of sp³-hybridized carbons (Fsp3) is 0.830. The summed E-state index contributed by atoms with van der Waals surface area (Å²) in [6.07, 6.45) is 1.37. The van der Waals surface area contributed by atoms with Gasteiger partial charge in [-0.15, -0.1) is 0 Å². The summed E-state index contributed by atoms with van der Waals surface area (Å²) in [7, 11) is 0. The van der Waals surface area contributed by atoms with Crippen molar-refractivity contribution in [1.29, 1.82) is 0 Å². The van der Waals surface area contributed by atoms with Gasteiger partial charge in [-0.2, -0.15) is 0 Å². The number of carbonyl (C=O) groups is 8. The van der Waals surface area contributed by atoms with Crippen molar-refractivity contribution in [2.75, 3.05) is 124 Å². The van der Waals surface area contributed by atoms with Gasteiger partial charge in [-0.25, -0.2) is 0 Å². The Morgan fingerprint density at radius 3 is 0.507 bits per heavy atom. The van der Waals surface area contributed by atoms with Gasteiger partial charge in [-0.1, -0.05) is 41.5 Å². The maximum absolute atomic E-state index is 13.1. The molecule has 0 bridgehead atoms. The normalized spacial score (nSPS) is 21.6. The summed E-state index contributed by atoms with van der Waals surface area (Å²) in [4.78, 5) is 114. The fourth-order valence-corrected chi connectivity index (χ4v) is 10.2. The van der Waals surface area contributed by atoms with Crippen molar-refractivity contribution in [1.82, 2.24) is 49.8 Å². The molecule has 2 fully saturated rings. The molecule has 0 aromatic heterocycles.